The number of ketones is 1. The molecule has 1 saturated heterocycles. The number of hydrogen-bond acceptors (Lipinski definition) is 6. The number of piperazine rings is 1. The average molecular weight is 608 g/mol. The van der Waals surface area contributed by atoms with Crippen molar-refractivity contribution in [1.29, 1.82) is 0 Å². The number of carbonyl (C=O) groups excluding carboxylic acids is 1. The summed E-state index contributed by atoms with van der Waals surface area (Å²) in [5.41, 5.74) is 6.73. The van der Waals surface area contributed by atoms with Crippen molar-refractivity contribution in [1.82, 2.24) is 14.0 Å². The third-order valence-corrected chi connectivity index (χ3v) is 8.08. The Morgan fingerprint density at radius 2 is 1.56 bits per heavy atom. The van der Waals surface area contributed by atoms with Crippen LogP contribution in [0, 0.1) is 18.6 Å². The second-order valence-electron chi connectivity index (χ2n) is 10.6. The number of nitrogens with two attached hydrogens (primary N) is 1. The van der Waals surface area contributed by atoms with Crippen LogP contribution < -0.4 is 21.9 Å². The van der Waals surface area contributed by atoms with E-state index in [9.17, 15) is 23.2 Å². The van der Waals surface area contributed by atoms with Gasteiger partial charge in [0.1, 0.15) is 17.3 Å². The summed E-state index contributed by atoms with van der Waals surface area (Å²) in [4.78, 5) is 44.3. The molecule has 1 fully saturated rings. The SMILES string of the molecule is Cc1c(N2CCN(CC(=O)c3cccc(Cl)c3)CC2)c(=O)n(CC(N)c2ccccc2)c(=O)n1Cc1c(F)cccc1F. The molecule has 11 heteroatoms. The van der Waals surface area contributed by atoms with Crippen molar-refractivity contribution >= 4 is 23.1 Å². The third kappa shape index (κ3) is 6.61. The van der Waals surface area contributed by atoms with E-state index in [-0.39, 0.29) is 30.1 Å². The minimum absolute atomic E-state index is 0.0650. The summed E-state index contributed by atoms with van der Waals surface area (Å²) >= 11 is 6.04. The van der Waals surface area contributed by atoms with Gasteiger partial charge in [0.05, 0.1) is 19.6 Å². The molecule has 1 aromatic heterocycles. The van der Waals surface area contributed by atoms with Gasteiger partial charge in [-0.1, -0.05) is 60.1 Å². The minimum atomic E-state index is -0.787. The molecule has 3 aromatic carbocycles. The second-order valence-corrected chi connectivity index (χ2v) is 11.1. The Labute approximate surface area is 252 Å². The van der Waals surface area contributed by atoms with Crippen LogP contribution in [-0.2, 0) is 13.1 Å². The molecule has 1 atom stereocenters. The standard InChI is InChI=1S/C32H32ClF2N5O3/c1-21-30(38-15-13-37(14-16-38)20-29(41)23-9-5-10-24(33)17-23)31(42)40(19-28(36)22-7-3-2-4-8-22)32(43)39(21)18-25-26(34)11-6-12-27(25)35/h2-12,17,28H,13-16,18-20,36H2,1H3. The van der Waals surface area contributed by atoms with E-state index < -0.39 is 35.5 Å². The zero-order valence-electron chi connectivity index (χ0n) is 23.7. The van der Waals surface area contributed by atoms with E-state index in [1.807, 2.05) is 40.1 Å². The fourth-order valence-corrected chi connectivity index (χ4v) is 5.62. The van der Waals surface area contributed by atoms with E-state index in [2.05, 4.69) is 0 Å². The van der Waals surface area contributed by atoms with Crippen LogP contribution in [0.3, 0.4) is 0 Å². The molecule has 0 amide bonds. The highest BCUT2D eigenvalue weighted by Gasteiger charge is 2.27. The van der Waals surface area contributed by atoms with Crippen LogP contribution in [0.5, 0.6) is 0 Å². The number of aromatic nitrogens is 2. The molecule has 1 unspecified atom stereocenters. The van der Waals surface area contributed by atoms with Crippen molar-refractivity contribution in [2.45, 2.75) is 26.1 Å². The van der Waals surface area contributed by atoms with Gasteiger partial charge in [-0.25, -0.2) is 13.6 Å². The lowest BCUT2D eigenvalue weighted by Gasteiger charge is -2.36. The molecule has 0 aliphatic carbocycles. The first kappa shape index (κ1) is 30.3. The smallest absolute Gasteiger partial charge is 0.331 e. The molecule has 1 aliphatic rings. The number of halogens is 3. The molecule has 8 nitrogen and oxygen atoms in total. The first-order valence-corrected chi connectivity index (χ1v) is 14.4. The zero-order chi connectivity index (χ0) is 30.7. The number of rotatable bonds is 9. The Bertz CT molecular complexity index is 1730. The second kappa shape index (κ2) is 13.0. The van der Waals surface area contributed by atoms with Crippen molar-refractivity contribution in [2.24, 2.45) is 5.73 Å². The van der Waals surface area contributed by atoms with Gasteiger partial charge in [0.25, 0.3) is 5.56 Å². The molecule has 4 aromatic rings. The highest BCUT2D eigenvalue weighted by Crippen LogP contribution is 2.21. The zero-order valence-corrected chi connectivity index (χ0v) is 24.4. The first-order chi connectivity index (χ1) is 20.6. The maximum Gasteiger partial charge on any atom is 0.331 e. The molecule has 224 valence electrons. The summed E-state index contributed by atoms with van der Waals surface area (Å²) in [5.74, 6) is -1.64. The summed E-state index contributed by atoms with van der Waals surface area (Å²) in [7, 11) is 0. The number of benzene rings is 3. The van der Waals surface area contributed by atoms with Gasteiger partial charge in [0.2, 0.25) is 0 Å². The van der Waals surface area contributed by atoms with E-state index in [0.717, 1.165) is 22.3 Å². The lowest BCUT2D eigenvalue weighted by molar-refractivity contribution is 0.0926. The Morgan fingerprint density at radius 3 is 2.21 bits per heavy atom. The van der Waals surface area contributed by atoms with E-state index in [1.54, 1.807) is 31.2 Å². The van der Waals surface area contributed by atoms with Gasteiger partial charge in [0.15, 0.2) is 5.78 Å². The Kier molecular flexibility index (Phi) is 9.19. The van der Waals surface area contributed by atoms with Crippen LogP contribution in [0.2, 0.25) is 5.02 Å². The van der Waals surface area contributed by atoms with E-state index >= 15 is 0 Å². The van der Waals surface area contributed by atoms with Gasteiger partial charge in [0, 0.05) is 54.1 Å². The van der Waals surface area contributed by atoms with Crippen LogP contribution >= 0.6 is 11.6 Å². The van der Waals surface area contributed by atoms with E-state index in [1.165, 1.54) is 10.6 Å². The molecule has 0 radical (unpaired) electrons. The third-order valence-electron chi connectivity index (χ3n) is 7.84. The summed E-state index contributed by atoms with van der Waals surface area (Å²) < 4.78 is 31.6. The van der Waals surface area contributed by atoms with Crippen LogP contribution in [0.1, 0.15) is 33.2 Å². The normalized spacial score (nSPS) is 14.6. The van der Waals surface area contributed by atoms with Crippen LogP contribution in [0.4, 0.5) is 14.5 Å². The highest BCUT2D eigenvalue weighted by molar-refractivity contribution is 6.31. The number of Topliss-reactive ketones (excluding diaryl/α,β-unsaturated/α-hetero) is 1. The molecular weight excluding hydrogens is 576 g/mol. The summed E-state index contributed by atoms with van der Waals surface area (Å²) in [6.07, 6.45) is 0. The minimum Gasteiger partial charge on any atom is -0.363 e. The number of anilines is 1. The van der Waals surface area contributed by atoms with Gasteiger partial charge >= 0.3 is 5.69 Å². The van der Waals surface area contributed by atoms with Gasteiger partial charge in [-0.2, -0.15) is 0 Å². The van der Waals surface area contributed by atoms with Crippen LogP contribution in [0.25, 0.3) is 0 Å². The first-order valence-electron chi connectivity index (χ1n) is 14.0. The summed E-state index contributed by atoms with van der Waals surface area (Å²) in [6, 6.07) is 18.7. The van der Waals surface area contributed by atoms with Gasteiger partial charge in [-0.3, -0.25) is 23.6 Å². The molecule has 5 rings (SSSR count). The molecule has 2 heterocycles. The number of hydrogen-bond donors (Lipinski definition) is 1. The van der Waals surface area contributed by atoms with Crippen molar-refractivity contribution < 1.29 is 13.6 Å². The topological polar surface area (TPSA) is 93.6 Å². The Hall–Kier alpha value is -4.12. The van der Waals surface area contributed by atoms with Crippen molar-refractivity contribution in [2.75, 3.05) is 37.6 Å². The molecule has 0 saturated carbocycles. The van der Waals surface area contributed by atoms with Crippen molar-refractivity contribution in [3.05, 3.63) is 133 Å². The molecule has 0 spiro atoms. The number of nitrogens with zero attached hydrogens (tertiary/aromatic N) is 4. The maximum atomic E-state index is 14.7. The fraction of sp³-hybridized carbons (Fsp3) is 0.281. The van der Waals surface area contributed by atoms with E-state index in [4.69, 9.17) is 17.3 Å². The van der Waals surface area contributed by atoms with E-state index in [0.29, 0.717) is 42.5 Å². The largest absolute Gasteiger partial charge is 0.363 e. The van der Waals surface area contributed by atoms with Crippen LogP contribution in [0.15, 0.2) is 82.4 Å². The van der Waals surface area contributed by atoms with Gasteiger partial charge in [-0.15, -0.1) is 0 Å². The quantitative estimate of drug-likeness (QED) is 0.289. The van der Waals surface area contributed by atoms with Crippen LogP contribution in [-0.4, -0.2) is 52.5 Å². The summed E-state index contributed by atoms with van der Waals surface area (Å²) in [6.45, 7) is 3.04. The lowest BCUT2D eigenvalue weighted by Crippen LogP contribution is -2.52. The molecule has 43 heavy (non-hydrogen) atoms. The molecular formula is C32H32ClF2N5O3. The van der Waals surface area contributed by atoms with Gasteiger partial charge in [-0.05, 0) is 36.8 Å². The predicted molar refractivity (Wildman–Crippen MR) is 163 cm³/mol. The Morgan fingerprint density at radius 1 is 0.907 bits per heavy atom. The molecule has 0 bridgehead atoms. The Balaban J connectivity index is 1.46. The highest BCUT2D eigenvalue weighted by atomic mass is 35.5. The molecule has 2 N–H and O–H groups in total. The summed E-state index contributed by atoms with van der Waals surface area (Å²) in [5, 5.41) is 0.486. The fourth-order valence-electron chi connectivity index (χ4n) is 5.43. The lowest BCUT2D eigenvalue weighted by atomic mass is 10.1. The average Bonchev–Trinajstić information content (AvgIpc) is 3.00. The van der Waals surface area contributed by atoms with Crippen molar-refractivity contribution in [3.63, 3.8) is 0 Å². The molecule has 1 aliphatic heterocycles. The van der Waals surface area contributed by atoms with Gasteiger partial charge < -0.3 is 10.6 Å². The number of carbonyl (C=O) groups is 1. The monoisotopic (exact) mass is 607 g/mol. The predicted octanol–water partition coefficient (Wildman–Crippen LogP) is 4.00. The van der Waals surface area contributed by atoms with Crippen molar-refractivity contribution in [3.8, 4) is 0 Å². The maximum absolute atomic E-state index is 14.7.